The summed E-state index contributed by atoms with van der Waals surface area (Å²) in [5, 5.41) is 19.2. The van der Waals surface area contributed by atoms with E-state index in [1.807, 2.05) is 18.0 Å². The number of nitrogens with zero attached hydrogens (tertiary/aromatic N) is 4. The fraction of sp³-hybridized carbons (Fsp3) is 0.133. The van der Waals surface area contributed by atoms with Crippen molar-refractivity contribution in [3.63, 3.8) is 0 Å². The number of phenolic OH excluding ortho intramolecular Hbond substituents is 1. The Hall–Kier alpha value is -5.15. The molecule has 0 atom stereocenters. The summed E-state index contributed by atoms with van der Waals surface area (Å²) in [5.41, 5.74) is 1.01. The van der Waals surface area contributed by atoms with Gasteiger partial charge >= 0.3 is 5.97 Å². The number of hydrogen-bond acceptors (Lipinski definition) is 10. The maximum absolute atomic E-state index is 15.5. The number of ether oxygens (including phenoxy) is 3. The van der Waals surface area contributed by atoms with Gasteiger partial charge in [-0.2, -0.15) is 9.65 Å². The number of carbonyl (C=O) groups excluding carboxylic acids is 1. The number of rotatable bonds is 8. The number of likely N-dealkylation sites (N-methyl/N-ethyl adjacent to an activating group) is 1. The molecule has 1 aliphatic rings. The fourth-order valence-corrected chi connectivity index (χ4v) is 5.07. The highest BCUT2D eigenvalue weighted by atomic mass is 32.2. The van der Waals surface area contributed by atoms with E-state index in [9.17, 15) is 14.3 Å². The number of phenols is 1. The second kappa shape index (κ2) is 12.2. The van der Waals surface area contributed by atoms with E-state index in [4.69, 9.17) is 19.5 Å². The Kier molecular flexibility index (Phi) is 8.21. The first-order valence-electron chi connectivity index (χ1n) is 12.5. The van der Waals surface area contributed by atoms with Crippen LogP contribution >= 0.6 is 11.8 Å². The lowest BCUT2D eigenvalue weighted by Crippen LogP contribution is -2.24. The largest absolute Gasteiger partial charge is 0.504 e. The van der Waals surface area contributed by atoms with Crippen LogP contribution in [0.15, 0.2) is 81.6 Å². The third-order valence-electron chi connectivity index (χ3n) is 6.18. The first-order chi connectivity index (χ1) is 20.3. The standard InChI is InChI=1S/C30H22F2N4O5S/c1-36-12-11-34-28(36)20-14-18(42-25-6-4-3-5-19(25)30(38)39-2)8-10-23(20)40-27-21(31)16-35-29(26(27)32)41-24-13-17(15-33)7-9-22(24)37/h3-10,13-14,16,37H,11-12H2,1-2H3. The van der Waals surface area contributed by atoms with Gasteiger partial charge in [-0.1, -0.05) is 23.9 Å². The van der Waals surface area contributed by atoms with Gasteiger partial charge in [-0.25, -0.2) is 14.2 Å². The number of halogens is 2. The smallest absolute Gasteiger partial charge is 0.339 e. The van der Waals surface area contributed by atoms with Gasteiger partial charge in [-0.05, 0) is 42.5 Å². The number of amidine groups is 1. The van der Waals surface area contributed by atoms with E-state index in [-0.39, 0.29) is 22.8 Å². The highest BCUT2D eigenvalue weighted by molar-refractivity contribution is 7.99. The molecule has 0 radical (unpaired) electrons. The van der Waals surface area contributed by atoms with E-state index in [1.54, 1.807) is 42.5 Å². The second-order valence-electron chi connectivity index (χ2n) is 8.93. The average molecular weight is 589 g/mol. The van der Waals surface area contributed by atoms with Gasteiger partial charge in [0.05, 0.1) is 42.6 Å². The molecule has 212 valence electrons. The van der Waals surface area contributed by atoms with Gasteiger partial charge < -0.3 is 24.2 Å². The quantitative estimate of drug-likeness (QED) is 0.242. The van der Waals surface area contributed by atoms with Crippen LogP contribution in [0.3, 0.4) is 0 Å². The number of esters is 1. The molecule has 0 unspecified atom stereocenters. The van der Waals surface area contributed by atoms with Crippen LogP contribution in [0.4, 0.5) is 8.78 Å². The molecule has 0 fully saturated rings. The Balaban J connectivity index is 1.51. The minimum absolute atomic E-state index is 0.109. The number of carbonyl (C=O) groups is 1. The lowest BCUT2D eigenvalue weighted by molar-refractivity contribution is 0.0596. The van der Waals surface area contributed by atoms with Crippen LogP contribution in [-0.4, -0.2) is 54.0 Å². The number of pyridine rings is 1. The predicted octanol–water partition coefficient (Wildman–Crippen LogP) is 6.15. The number of hydrogen-bond donors (Lipinski definition) is 1. The number of aromatic hydroxyl groups is 1. The number of methoxy groups -OCH3 is 1. The van der Waals surface area contributed by atoms with E-state index in [2.05, 4.69) is 9.98 Å². The van der Waals surface area contributed by atoms with Gasteiger partial charge in [-0.3, -0.25) is 4.99 Å². The molecule has 4 aromatic rings. The van der Waals surface area contributed by atoms with Crippen molar-refractivity contribution in [3.8, 4) is 34.9 Å². The van der Waals surface area contributed by atoms with Crippen LogP contribution in [0.2, 0.25) is 0 Å². The molecule has 1 aromatic heterocycles. The molecule has 0 saturated carbocycles. The molecule has 12 heteroatoms. The summed E-state index contributed by atoms with van der Waals surface area (Å²) < 4.78 is 46.5. The predicted molar refractivity (Wildman–Crippen MR) is 150 cm³/mol. The van der Waals surface area contributed by atoms with Gasteiger partial charge in [0.25, 0.3) is 5.88 Å². The number of aromatic nitrogens is 1. The van der Waals surface area contributed by atoms with Crippen molar-refractivity contribution in [2.75, 3.05) is 27.2 Å². The first kappa shape index (κ1) is 28.4. The van der Waals surface area contributed by atoms with Gasteiger partial charge in [-0.15, -0.1) is 0 Å². The van der Waals surface area contributed by atoms with E-state index in [1.165, 1.54) is 37.1 Å². The molecule has 3 aromatic carbocycles. The van der Waals surface area contributed by atoms with E-state index < -0.39 is 29.2 Å². The number of benzene rings is 3. The van der Waals surface area contributed by atoms with Crippen molar-refractivity contribution >= 4 is 23.6 Å². The van der Waals surface area contributed by atoms with Gasteiger partial charge in [0, 0.05) is 29.4 Å². The van der Waals surface area contributed by atoms with E-state index in [0.29, 0.717) is 39.8 Å². The summed E-state index contributed by atoms with van der Waals surface area (Å²) in [6.07, 6.45) is 0.728. The monoisotopic (exact) mass is 588 g/mol. The number of aliphatic imine (C=N–C) groups is 1. The summed E-state index contributed by atoms with van der Waals surface area (Å²) in [7, 11) is 3.14. The topological polar surface area (TPSA) is 117 Å². The highest BCUT2D eigenvalue weighted by Crippen LogP contribution is 2.39. The molecule has 42 heavy (non-hydrogen) atoms. The Morgan fingerprint density at radius 3 is 2.64 bits per heavy atom. The van der Waals surface area contributed by atoms with Crippen molar-refractivity contribution in [1.82, 2.24) is 9.88 Å². The molecule has 0 bridgehead atoms. The molecular formula is C30H22F2N4O5S. The van der Waals surface area contributed by atoms with Crippen LogP contribution in [0, 0.1) is 23.0 Å². The minimum atomic E-state index is -1.25. The van der Waals surface area contributed by atoms with Crippen LogP contribution < -0.4 is 9.47 Å². The third-order valence-corrected chi connectivity index (χ3v) is 7.24. The van der Waals surface area contributed by atoms with Gasteiger partial charge in [0.2, 0.25) is 11.6 Å². The fourth-order valence-electron chi connectivity index (χ4n) is 4.10. The third kappa shape index (κ3) is 5.82. The molecule has 1 N–H and O–H groups in total. The zero-order chi connectivity index (χ0) is 29.8. The summed E-state index contributed by atoms with van der Waals surface area (Å²) in [5.74, 6) is -4.22. The molecule has 0 amide bonds. The van der Waals surface area contributed by atoms with Crippen LogP contribution in [-0.2, 0) is 4.74 Å². The van der Waals surface area contributed by atoms with Crippen molar-refractivity contribution in [2.45, 2.75) is 9.79 Å². The van der Waals surface area contributed by atoms with Crippen molar-refractivity contribution in [2.24, 2.45) is 4.99 Å². The molecule has 0 aliphatic carbocycles. The summed E-state index contributed by atoms with van der Waals surface area (Å²) in [6.45, 7) is 1.16. The van der Waals surface area contributed by atoms with Crippen molar-refractivity contribution in [1.29, 1.82) is 5.26 Å². The Bertz CT molecular complexity index is 1760. The van der Waals surface area contributed by atoms with Crippen LogP contribution in [0.1, 0.15) is 21.5 Å². The van der Waals surface area contributed by atoms with Crippen molar-refractivity contribution in [3.05, 3.63) is 95.2 Å². The summed E-state index contributed by atoms with van der Waals surface area (Å²) in [6, 6.07) is 17.6. The second-order valence-corrected chi connectivity index (χ2v) is 10.0. The molecule has 1 aliphatic heterocycles. The molecule has 5 rings (SSSR count). The van der Waals surface area contributed by atoms with Crippen LogP contribution in [0.5, 0.6) is 28.9 Å². The maximum Gasteiger partial charge on any atom is 0.339 e. The lowest BCUT2D eigenvalue weighted by atomic mass is 10.1. The lowest BCUT2D eigenvalue weighted by Gasteiger charge is -2.19. The maximum atomic E-state index is 15.5. The zero-order valence-electron chi connectivity index (χ0n) is 22.3. The van der Waals surface area contributed by atoms with Gasteiger partial charge in [0.15, 0.2) is 17.3 Å². The SMILES string of the molecule is COC(=O)c1ccccc1Sc1ccc(Oc2c(F)cnc(Oc3cc(C#N)ccc3O)c2F)c(C2=NCCN2C)c1. The van der Waals surface area contributed by atoms with E-state index in [0.717, 1.165) is 6.20 Å². The molecule has 9 nitrogen and oxygen atoms in total. The summed E-state index contributed by atoms with van der Waals surface area (Å²) in [4.78, 5) is 23.7. The Morgan fingerprint density at radius 1 is 1.10 bits per heavy atom. The normalized spacial score (nSPS) is 12.5. The van der Waals surface area contributed by atoms with Gasteiger partial charge in [0.1, 0.15) is 11.6 Å². The Labute approximate surface area is 243 Å². The minimum Gasteiger partial charge on any atom is -0.504 e. The van der Waals surface area contributed by atoms with E-state index >= 15 is 4.39 Å². The van der Waals surface area contributed by atoms with Crippen molar-refractivity contribution < 1.29 is 32.9 Å². The molecule has 0 spiro atoms. The number of nitriles is 1. The van der Waals surface area contributed by atoms with Crippen LogP contribution in [0.25, 0.3) is 0 Å². The average Bonchev–Trinajstić information content (AvgIpc) is 3.43. The Morgan fingerprint density at radius 2 is 1.90 bits per heavy atom. The zero-order valence-corrected chi connectivity index (χ0v) is 23.1. The molecule has 2 heterocycles. The highest BCUT2D eigenvalue weighted by Gasteiger charge is 2.25. The first-order valence-corrected chi connectivity index (χ1v) is 13.3. The molecule has 0 saturated heterocycles. The molecular weight excluding hydrogens is 566 g/mol. The summed E-state index contributed by atoms with van der Waals surface area (Å²) >= 11 is 1.31.